The molecular weight excluding hydrogens is 197 g/mol. The Morgan fingerprint density at radius 1 is 1.54 bits per heavy atom. The number of halogens is 2. The highest BCUT2D eigenvalue weighted by molar-refractivity contribution is 6.32. The minimum atomic E-state index is -1.10. The van der Waals surface area contributed by atoms with Crippen molar-refractivity contribution in [3.8, 4) is 5.75 Å². The third-order valence-electron chi connectivity index (χ3n) is 1.67. The van der Waals surface area contributed by atoms with Crippen molar-refractivity contribution in [2.24, 2.45) is 5.73 Å². The Hall–Kier alpha value is -0.840. The third kappa shape index (κ3) is 1.91. The van der Waals surface area contributed by atoms with Gasteiger partial charge in [0.2, 0.25) is 0 Å². The lowest BCUT2D eigenvalue weighted by atomic mass is 10.1. The summed E-state index contributed by atoms with van der Waals surface area (Å²) in [4.78, 5) is 0. The second-order valence-corrected chi connectivity index (χ2v) is 2.93. The predicted octanol–water partition coefficient (Wildman–Crippen LogP) is 1.18. The van der Waals surface area contributed by atoms with Gasteiger partial charge in [-0.15, -0.1) is 0 Å². The van der Waals surface area contributed by atoms with Crippen molar-refractivity contribution in [2.75, 3.05) is 6.54 Å². The summed E-state index contributed by atoms with van der Waals surface area (Å²) in [5.74, 6) is -1.19. The number of phenols is 1. The Bertz CT molecular complexity index is 319. The molecule has 0 amide bonds. The summed E-state index contributed by atoms with van der Waals surface area (Å²) in [6, 6.07) is 2.45. The van der Waals surface area contributed by atoms with Crippen molar-refractivity contribution < 1.29 is 14.6 Å². The first kappa shape index (κ1) is 10.2. The van der Waals surface area contributed by atoms with Gasteiger partial charge in [-0.2, -0.15) is 0 Å². The van der Waals surface area contributed by atoms with Crippen molar-refractivity contribution >= 4 is 11.6 Å². The number of benzene rings is 1. The lowest BCUT2D eigenvalue weighted by molar-refractivity contribution is 0.181. The first-order valence-corrected chi connectivity index (χ1v) is 4.00. The number of aliphatic hydroxyl groups is 1. The Labute approximate surface area is 79.6 Å². The standard InChI is InChI=1S/C8H9ClFNO2/c9-7-5(12)2-1-4(8(7)10)6(13)3-11/h1-2,6,12-13H,3,11H2. The largest absolute Gasteiger partial charge is 0.506 e. The molecule has 13 heavy (non-hydrogen) atoms. The van der Waals surface area contributed by atoms with E-state index in [2.05, 4.69) is 0 Å². The van der Waals surface area contributed by atoms with Crippen molar-refractivity contribution in [3.63, 3.8) is 0 Å². The van der Waals surface area contributed by atoms with Gasteiger partial charge in [-0.1, -0.05) is 11.6 Å². The topological polar surface area (TPSA) is 66.5 Å². The molecule has 0 fully saturated rings. The Morgan fingerprint density at radius 2 is 2.15 bits per heavy atom. The van der Waals surface area contributed by atoms with Gasteiger partial charge < -0.3 is 15.9 Å². The fraction of sp³-hybridized carbons (Fsp3) is 0.250. The summed E-state index contributed by atoms with van der Waals surface area (Å²) >= 11 is 5.41. The fourth-order valence-corrected chi connectivity index (χ4v) is 1.11. The monoisotopic (exact) mass is 205 g/mol. The van der Waals surface area contributed by atoms with E-state index < -0.39 is 16.9 Å². The molecule has 4 N–H and O–H groups in total. The van der Waals surface area contributed by atoms with Gasteiger partial charge in [-0.25, -0.2) is 4.39 Å². The smallest absolute Gasteiger partial charge is 0.151 e. The maximum absolute atomic E-state index is 13.2. The molecule has 0 spiro atoms. The minimum Gasteiger partial charge on any atom is -0.506 e. The molecule has 0 aliphatic rings. The molecule has 72 valence electrons. The number of nitrogens with two attached hydrogens (primary N) is 1. The zero-order chi connectivity index (χ0) is 10.0. The highest BCUT2D eigenvalue weighted by Gasteiger charge is 2.16. The van der Waals surface area contributed by atoms with Gasteiger partial charge in [-0.3, -0.25) is 0 Å². The maximum atomic E-state index is 13.2. The van der Waals surface area contributed by atoms with Crippen LogP contribution in [0.1, 0.15) is 11.7 Å². The molecule has 0 saturated carbocycles. The SMILES string of the molecule is NCC(O)c1ccc(O)c(Cl)c1F. The molecule has 0 bridgehead atoms. The lowest BCUT2D eigenvalue weighted by Crippen LogP contribution is -2.13. The van der Waals surface area contributed by atoms with Gasteiger partial charge in [0, 0.05) is 12.1 Å². The number of rotatable bonds is 2. The molecule has 0 aromatic heterocycles. The predicted molar refractivity (Wildman–Crippen MR) is 47.1 cm³/mol. The zero-order valence-electron chi connectivity index (χ0n) is 6.67. The number of phenolic OH excluding ortho intramolecular Hbond substituents is 1. The van der Waals surface area contributed by atoms with Gasteiger partial charge in [0.15, 0.2) is 5.82 Å². The second-order valence-electron chi connectivity index (χ2n) is 2.55. The number of hydrogen-bond acceptors (Lipinski definition) is 3. The van der Waals surface area contributed by atoms with Crippen LogP contribution >= 0.6 is 11.6 Å². The quantitative estimate of drug-likeness (QED) is 0.679. The van der Waals surface area contributed by atoms with E-state index in [1.165, 1.54) is 12.1 Å². The van der Waals surface area contributed by atoms with E-state index in [4.69, 9.17) is 22.4 Å². The molecular formula is C8H9ClFNO2. The van der Waals surface area contributed by atoms with Crippen LogP contribution in [0.15, 0.2) is 12.1 Å². The summed E-state index contributed by atoms with van der Waals surface area (Å²) in [6.07, 6.45) is -1.10. The van der Waals surface area contributed by atoms with Crippen LogP contribution in [0.5, 0.6) is 5.75 Å². The zero-order valence-corrected chi connectivity index (χ0v) is 7.42. The Kier molecular flexibility index (Phi) is 3.08. The molecule has 0 aliphatic carbocycles. The average molecular weight is 206 g/mol. The molecule has 1 rings (SSSR count). The van der Waals surface area contributed by atoms with E-state index >= 15 is 0 Å². The van der Waals surface area contributed by atoms with Crippen LogP contribution < -0.4 is 5.73 Å². The first-order valence-electron chi connectivity index (χ1n) is 3.63. The molecule has 0 aliphatic heterocycles. The molecule has 0 radical (unpaired) electrons. The molecule has 0 heterocycles. The Morgan fingerprint density at radius 3 is 2.69 bits per heavy atom. The maximum Gasteiger partial charge on any atom is 0.151 e. The first-order chi connectivity index (χ1) is 6.07. The Balaban J connectivity index is 3.18. The van der Waals surface area contributed by atoms with Crippen LogP contribution in [0.2, 0.25) is 5.02 Å². The van der Waals surface area contributed by atoms with E-state index in [-0.39, 0.29) is 17.9 Å². The highest BCUT2D eigenvalue weighted by Crippen LogP contribution is 2.30. The minimum absolute atomic E-state index is 0.00898. The lowest BCUT2D eigenvalue weighted by Gasteiger charge is -2.10. The van der Waals surface area contributed by atoms with Crippen molar-refractivity contribution in [3.05, 3.63) is 28.5 Å². The van der Waals surface area contributed by atoms with E-state index in [1.54, 1.807) is 0 Å². The number of aromatic hydroxyl groups is 1. The number of aliphatic hydroxyl groups excluding tert-OH is 1. The molecule has 1 unspecified atom stereocenters. The third-order valence-corrected chi connectivity index (χ3v) is 2.03. The summed E-state index contributed by atoms with van der Waals surface area (Å²) in [6.45, 7) is -0.0992. The van der Waals surface area contributed by atoms with Crippen LogP contribution in [0.4, 0.5) is 4.39 Å². The average Bonchev–Trinajstić information content (AvgIpc) is 2.13. The normalized spacial score (nSPS) is 12.9. The molecule has 1 aromatic rings. The molecule has 3 nitrogen and oxygen atoms in total. The van der Waals surface area contributed by atoms with Crippen molar-refractivity contribution in [1.82, 2.24) is 0 Å². The van der Waals surface area contributed by atoms with Crippen molar-refractivity contribution in [1.29, 1.82) is 0 Å². The van der Waals surface area contributed by atoms with Crippen LogP contribution in [-0.2, 0) is 0 Å². The molecule has 5 heteroatoms. The van der Waals surface area contributed by atoms with E-state index in [1.807, 2.05) is 0 Å². The van der Waals surface area contributed by atoms with E-state index in [9.17, 15) is 9.50 Å². The van der Waals surface area contributed by atoms with Crippen LogP contribution in [-0.4, -0.2) is 16.8 Å². The molecule has 1 aromatic carbocycles. The van der Waals surface area contributed by atoms with Gasteiger partial charge in [-0.05, 0) is 12.1 Å². The highest BCUT2D eigenvalue weighted by atomic mass is 35.5. The van der Waals surface area contributed by atoms with Crippen LogP contribution in [0.3, 0.4) is 0 Å². The van der Waals surface area contributed by atoms with Crippen molar-refractivity contribution in [2.45, 2.75) is 6.10 Å². The van der Waals surface area contributed by atoms with Crippen LogP contribution in [0.25, 0.3) is 0 Å². The van der Waals surface area contributed by atoms with Crippen LogP contribution in [0, 0.1) is 5.82 Å². The fourth-order valence-electron chi connectivity index (χ4n) is 0.939. The summed E-state index contributed by atoms with van der Waals surface area (Å²) in [5.41, 5.74) is 5.13. The summed E-state index contributed by atoms with van der Waals surface area (Å²) < 4.78 is 13.2. The van der Waals surface area contributed by atoms with Gasteiger partial charge in [0.05, 0.1) is 6.10 Å². The van der Waals surface area contributed by atoms with Gasteiger partial charge in [0.1, 0.15) is 10.8 Å². The summed E-state index contributed by atoms with van der Waals surface area (Å²) in [7, 11) is 0. The van der Waals surface area contributed by atoms with Gasteiger partial charge >= 0.3 is 0 Å². The number of hydrogen-bond donors (Lipinski definition) is 3. The summed E-state index contributed by atoms with van der Waals surface area (Å²) in [5, 5.41) is 17.8. The molecule has 0 saturated heterocycles. The second kappa shape index (κ2) is 3.91. The molecule has 1 atom stereocenters. The van der Waals surface area contributed by atoms with E-state index in [0.29, 0.717) is 0 Å². The van der Waals surface area contributed by atoms with E-state index in [0.717, 1.165) is 0 Å². The van der Waals surface area contributed by atoms with Gasteiger partial charge in [0.25, 0.3) is 0 Å².